The third-order valence-corrected chi connectivity index (χ3v) is 4.61. The van der Waals surface area contributed by atoms with Gasteiger partial charge in [0.05, 0.1) is 5.56 Å². The van der Waals surface area contributed by atoms with Crippen LogP contribution < -0.4 is 5.73 Å². The summed E-state index contributed by atoms with van der Waals surface area (Å²) >= 11 is 3.27. The molecule has 2 aromatic rings. The normalized spacial score (nSPS) is 16.8. The summed E-state index contributed by atoms with van der Waals surface area (Å²) in [5.74, 6) is -2.78. The van der Waals surface area contributed by atoms with Gasteiger partial charge < -0.3 is 15.2 Å². The van der Waals surface area contributed by atoms with Crippen molar-refractivity contribution in [3.8, 4) is 0 Å². The Labute approximate surface area is 162 Å². The highest BCUT2D eigenvalue weighted by Gasteiger charge is 2.34. The van der Waals surface area contributed by atoms with Gasteiger partial charge in [0.1, 0.15) is 5.82 Å². The third-order valence-electron chi connectivity index (χ3n) is 4.12. The molecular weight excluding hydrogens is 421 g/mol. The van der Waals surface area contributed by atoms with Gasteiger partial charge in [-0.2, -0.15) is 0 Å². The molecule has 0 saturated carbocycles. The lowest BCUT2D eigenvalue weighted by Crippen LogP contribution is -2.41. The first-order chi connectivity index (χ1) is 12.8. The molecule has 2 aromatic carbocycles. The molecule has 0 fully saturated rings. The van der Waals surface area contributed by atoms with E-state index in [2.05, 4.69) is 15.9 Å². The van der Waals surface area contributed by atoms with Gasteiger partial charge in [-0.05, 0) is 35.4 Å². The maximum absolute atomic E-state index is 13.0. The zero-order chi connectivity index (χ0) is 19.6. The van der Waals surface area contributed by atoms with Crippen LogP contribution in [0.3, 0.4) is 0 Å². The second-order valence-electron chi connectivity index (χ2n) is 6.06. The van der Waals surface area contributed by atoms with Gasteiger partial charge in [0, 0.05) is 17.3 Å². The standard InChI is InChI=1S/C19H15BrFNO5/c20-12-4-3-11-8-16(27-18(24)14(11)9-12)19(25)26-15(17(22)23)7-10-1-5-13(21)6-2-10/h1-6,9,15-16H,7-8H2,(H2,22,23). The van der Waals surface area contributed by atoms with E-state index < -0.39 is 35.9 Å². The number of ether oxygens (including phenoxy) is 2. The molecule has 6 nitrogen and oxygen atoms in total. The van der Waals surface area contributed by atoms with Crippen molar-refractivity contribution in [2.24, 2.45) is 5.73 Å². The predicted molar refractivity (Wildman–Crippen MR) is 96.2 cm³/mol. The van der Waals surface area contributed by atoms with Gasteiger partial charge in [-0.25, -0.2) is 14.0 Å². The van der Waals surface area contributed by atoms with E-state index in [1.165, 1.54) is 24.3 Å². The molecule has 8 heteroatoms. The Kier molecular flexibility index (Phi) is 5.55. The fourth-order valence-electron chi connectivity index (χ4n) is 2.73. The van der Waals surface area contributed by atoms with Crippen LogP contribution in [-0.2, 0) is 31.9 Å². The summed E-state index contributed by atoms with van der Waals surface area (Å²) in [4.78, 5) is 36.2. The molecule has 2 N–H and O–H groups in total. The number of esters is 2. The lowest BCUT2D eigenvalue weighted by atomic mass is 9.98. The molecule has 1 aliphatic heterocycles. The number of amides is 1. The number of carbonyl (C=O) groups is 3. The first kappa shape index (κ1) is 19.0. The summed E-state index contributed by atoms with van der Waals surface area (Å²) in [5, 5.41) is 0. The zero-order valence-electron chi connectivity index (χ0n) is 14.0. The van der Waals surface area contributed by atoms with Crippen molar-refractivity contribution in [3.63, 3.8) is 0 Å². The monoisotopic (exact) mass is 435 g/mol. The molecule has 140 valence electrons. The van der Waals surface area contributed by atoms with Crippen LogP contribution in [0.4, 0.5) is 4.39 Å². The molecule has 1 heterocycles. The molecule has 2 unspecified atom stereocenters. The molecule has 3 rings (SSSR count). The molecule has 2 atom stereocenters. The van der Waals surface area contributed by atoms with E-state index in [1.807, 2.05) is 0 Å². The lowest BCUT2D eigenvalue weighted by molar-refractivity contribution is -0.163. The number of fused-ring (bicyclic) bond motifs is 1. The molecule has 0 aliphatic carbocycles. The number of cyclic esters (lactones) is 1. The zero-order valence-corrected chi connectivity index (χ0v) is 15.6. The van der Waals surface area contributed by atoms with Crippen molar-refractivity contribution in [2.75, 3.05) is 0 Å². The van der Waals surface area contributed by atoms with Crippen LogP contribution in [0.5, 0.6) is 0 Å². The first-order valence-corrected chi connectivity index (χ1v) is 8.86. The van der Waals surface area contributed by atoms with Gasteiger partial charge in [0.25, 0.3) is 5.91 Å². The van der Waals surface area contributed by atoms with Crippen molar-refractivity contribution in [3.05, 3.63) is 69.4 Å². The van der Waals surface area contributed by atoms with E-state index >= 15 is 0 Å². The molecule has 0 spiro atoms. The summed E-state index contributed by atoms with van der Waals surface area (Å²) in [6.45, 7) is 0. The quantitative estimate of drug-likeness (QED) is 0.726. The Morgan fingerprint density at radius 3 is 2.63 bits per heavy atom. The number of hydrogen-bond acceptors (Lipinski definition) is 5. The van der Waals surface area contributed by atoms with Crippen LogP contribution >= 0.6 is 15.9 Å². The second kappa shape index (κ2) is 7.87. The SMILES string of the molecule is NC(=O)C(Cc1ccc(F)cc1)OC(=O)C1Cc2ccc(Br)cc2C(=O)O1. The Balaban J connectivity index is 1.71. The highest BCUT2D eigenvalue weighted by Crippen LogP contribution is 2.25. The van der Waals surface area contributed by atoms with Crippen LogP contribution in [0, 0.1) is 5.82 Å². The number of primary amides is 1. The molecule has 27 heavy (non-hydrogen) atoms. The fraction of sp³-hybridized carbons (Fsp3) is 0.211. The highest BCUT2D eigenvalue weighted by molar-refractivity contribution is 9.10. The van der Waals surface area contributed by atoms with Crippen LogP contribution in [-0.4, -0.2) is 30.1 Å². The fourth-order valence-corrected chi connectivity index (χ4v) is 3.09. The average molecular weight is 436 g/mol. The number of rotatable bonds is 5. The van der Waals surface area contributed by atoms with Gasteiger partial charge in [-0.3, -0.25) is 4.79 Å². The molecule has 0 aromatic heterocycles. The van der Waals surface area contributed by atoms with E-state index in [1.54, 1.807) is 18.2 Å². The number of hydrogen-bond donors (Lipinski definition) is 1. The second-order valence-corrected chi connectivity index (χ2v) is 6.97. The van der Waals surface area contributed by atoms with Crippen molar-refractivity contribution < 1.29 is 28.2 Å². The van der Waals surface area contributed by atoms with Crippen LogP contribution in [0.25, 0.3) is 0 Å². The van der Waals surface area contributed by atoms with E-state index in [0.29, 0.717) is 21.2 Å². The number of carbonyl (C=O) groups excluding carboxylic acids is 3. The Hall–Kier alpha value is -2.74. The summed E-state index contributed by atoms with van der Waals surface area (Å²) in [5.41, 5.74) is 6.89. The first-order valence-electron chi connectivity index (χ1n) is 8.07. The summed E-state index contributed by atoms with van der Waals surface area (Å²) in [7, 11) is 0. The van der Waals surface area contributed by atoms with Gasteiger partial charge in [-0.1, -0.05) is 34.1 Å². The van der Waals surface area contributed by atoms with Crippen LogP contribution in [0.2, 0.25) is 0 Å². The Morgan fingerprint density at radius 1 is 1.26 bits per heavy atom. The third kappa shape index (κ3) is 4.51. The highest BCUT2D eigenvalue weighted by atomic mass is 79.9. The Morgan fingerprint density at radius 2 is 1.96 bits per heavy atom. The topological polar surface area (TPSA) is 95.7 Å². The summed E-state index contributed by atoms with van der Waals surface area (Å²) in [6.07, 6.45) is -2.30. The molecule has 0 bridgehead atoms. The van der Waals surface area contributed by atoms with Crippen molar-refractivity contribution in [1.82, 2.24) is 0 Å². The van der Waals surface area contributed by atoms with Crippen molar-refractivity contribution in [2.45, 2.75) is 25.0 Å². The molecule has 0 saturated heterocycles. The van der Waals surface area contributed by atoms with Gasteiger partial charge in [0.15, 0.2) is 6.10 Å². The maximum atomic E-state index is 13.0. The minimum atomic E-state index is -1.26. The van der Waals surface area contributed by atoms with Gasteiger partial charge in [0.2, 0.25) is 6.10 Å². The minimum absolute atomic E-state index is 0.00838. The van der Waals surface area contributed by atoms with Gasteiger partial charge >= 0.3 is 11.9 Å². The average Bonchev–Trinajstić information content (AvgIpc) is 2.63. The van der Waals surface area contributed by atoms with Crippen molar-refractivity contribution >= 4 is 33.8 Å². The minimum Gasteiger partial charge on any atom is -0.449 e. The summed E-state index contributed by atoms with van der Waals surface area (Å²) in [6, 6.07) is 10.5. The van der Waals surface area contributed by atoms with Crippen molar-refractivity contribution in [1.29, 1.82) is 0 Å². The largest absolute Gasteiger partial charge is 0.449 e. The number of halogens is 2. The van der Waals surface area contributed by atoms with Crippen LogP contribution in [0.15, 0.2) is 46.9 Å². The summed E-state index contributed by atoms with van der Waals surface area (Å²) < 4.78 is 24.0. The lowest BCUT2D eigenvalue weighted by Gasteiger charge is -2.25. The Bertz CT molecular complexity index is 899. The smallest absolute Gasteiger partial charge is 0.348 e. The van der Waals surface area contributed by atoms with E-state index in [9.17, 15) is 18.8 Å². The van der Waals surface area contributed by atoms with E-state index in [0.717, 1.165) is 0 Å². The molecule has 0 radical (unpaired) electrons. The molecular formula is C19H15BrFNO5. The maximum Gasteiger partial charge on any atom is 0.348 e. The predicted octanol–water partition coefficient (Wildman–Crippen LogP) is 2.31. The van der Waals surface area contributed by atoms with E-state index in [-0.39, 0.29) is 12.8 Å². The number of nitrogens with two attached hydrogens (primary N) is 1. The number of benzene rings is 2. The van der Waals surface area contributed by atoms with Crippen LogP contribution in [0.1, 0.15) is 21.5 Å². The molecule has 1 amide bonds. The van der Waals surface area contributed by atoms with E-state index in [4.69, 9.17) is 15.2 Å². The molecule has 1 aliphatic rings. The van der Waals surface area contributed by atoms with Gasteiger partial charge in [-0.15, -0.1) is 0 Å².